The fourth-order valence-electron chi connectivity index (χ4n) is 1.66. The monoisotopic (exact) mass is 236 g/mol. The van der Waals surface area contributed by atoms with Gasteiger partial charge in [0.1, 0.15) is 4.83 Å². The van der Waals surface area contributed by atoms with Gasteiger partial charge < -0.3 is 0 Å². The highest BCUT2D eigenvalue weighted by atomic mass is 32.1. The lowest BCUT2D eigenvalue weighted by molar-refractivity contribution is 0.729. The van der Waals surface area contributed by atoms with Crippen molar-refractivity contribution in [3.63, 3.8) is 0 Å². The number of aromatic amines is 1. The second kappa shape index (κ2) is 3.75. The van der Waals surface area contributed by atoms with E-state index in [0.717, 1.165) is 15.0 Å². The molecular weight excluding hydrogens is 224 g/mol. The number of rotatable bonds is 2. The van der Waals surface area contributed by atoms with Crippen molar-refractivity contribution in [3.8, 4) is 0 Å². The summed E-state index contributed by atoms with van der Waals surface area (Å²) in [5.74, 6) is 0. The number of H-pyrrole nitrogens is 1. The minimum atomic E-state index is -0.376. The molecule has 0 saturated heterocycles. The fourth-order valence-corrected chi connectivity index (χ4v) is 2.70. The normalized spacial score (nSPS) is 10.9. The Labute approximate surface area is 95.9 Å². The molecule has 0 bridgehead atoms. The Hall–Kier alpha value is -1.62. The zero-order valence-corrected chi connectivity index (χ0v) is 9.98. The maximum atomic E-state index is 12.1. The minimum Gasteiger partial charge on any atom is -0.298 e. The molecule has 16 heavy (non-hydrogen) atoms. The van der Waals surface area contributed by atoms with Gasteiger partial charge in [-0.25, -0.2) is 4.79 Å². The van der Waals surface area contributed by atoms with Gasteiger partial charge in [0.25, 0.3) is 5.56 Å². The van der Waals surface area contributed by atoms with Gasteiger partial charge in [-0.05, 0) is 19.4 Å². The first kappa shape index (κ1) is 10.9. The summed E-state index contributed by atoms with van der Waals surface area (Å²) in [5, 5.41) is 0.615. The first-order chi connectivity index (χ1) is 7.56. The summed E-state index contributed by atoms with van der Waals surface area (Å²) in [6, 6.07) is 0. The van der Waals surface area contributed by atoms with Crippen LogP contribution < -0.4 is 11.2 Å². The molecule has 0 aliphatic rings. The van der Waals surface area contributed by atoms with E-state index >= 15 is 0 Å². The molecule has 2 heterocycles. The van der Waals surface area contributed by atoms with Crippen molar-refractivity contribution in [2.24, 2.45) is 0 Å². The summed E-state index contributed by atoms with van der Waals surface area (Å²) in [6.45, 7) is 7.61. The lowest BCUT2D eigenvalue weighted by Gasteiger charge is -2.00. The number of nitrogens with one attached hydrogen (secondary N) is 1. The molecule has 0 atom stereocenters. The van der Waals surface area contributed by atoms with Crippen LogP contribution in [0.2, 0.25) is 0 Å². The van der Waals surface area contributed by atoms with Crippen LogP contribution in [0.5, 0.6) is 0 Å². The molecule has 0 aromatic carbocycles. The van der Waals surface area contributed by atoms with Crippen molar-refractivity contribution >= 4 is 21.6 Å². The highest BCUT2D eigenvalue weighted by molar-refractivity contribution is 7.18. The van der Waals surface area contributed by atoms with Crippen LogP contribution in [0, 0.1) is 13.8 Å². The zero-order chi connectivity index (χ0) is 11.9. The van der Waals surface area contributed by atoms with Crippen molar-refractivity contribution in [1.82, 2.24) is 9.55 Å². The van der Waals surface area contributed by atoms with Crippen molar-refractivity contribution in [2.75, 3.05) is 0 Å². The van der Waals surface area contributed by atoms with Gasteiger partial charge in [-0.15, -0.1) is 17.9 Å². The molecule has 0 aliphatic carbocycles. The Bertz CT molecular complexity index is 676. The molecule has 84 valence electrons. The van der Waals surface area contributed by atoms with E-state index in [1.54, 1.807) is 0 Å². The van der Waals surface area contributed by atoms with Gasteiger partial charge in [0.2, 0.25) is 0 Å². The molecule has 2 rings (SSSR count). The second-order valence-electron chi connectivity index (χ2n) is 3.62. The summed E-state index contributed by atoms with van der Waals surface area (Å²) < 4.78 is 1.16. The highest BCUT2D eigenvalue weighted by Gasteiger charge is 2.12. The van der Waals surface area contributed by atoms with E-state index in [4.69, 9.17) is 0 Å². The summed E-state index contributed by atoms with van der Waals surface area (Å²) >= 11 is 1.44. The number of aromatic nitrogens is 2. The molecule has 2 aromatic heterocycles. The van der Waals surface area contributed by atoms with Crippen LogP contribution in [0.1, 0.15) is 10.4 Å². The van der Waals surface area contributed by atoms with Crippen molar-refractivity contribution in [1.29, 1.82) is 0 Å². The third kappa shape index (κ3) is 1.44. The van der Waals surface area contributed by atoms with Gasteiger partial charge in [-0.2, -0.15) is 0 Å². The van der Waals surface area contributed by atoms with E-state index in [1.165, 1.54) is 17.4 Å². The lowest BCUT2D eigenvalue weighted by Crippen LogP contribution is -2.34. The fraction of sp³-hybridized carbons (Fsp3) is 0.273. The van der Waals surface area contributed by atoms with E-state index in [9.17, 15) is 9.59 Å². The molecule has 0 unspecified atom stereocenters. The first-order valence-electron chi connectivity index (χ1n) is 4.90. The number of allylic oxidation sites excluding steroid dienone is 1. The Morgan fingerprint density at radius 1 is 1.44 bits per heavy atom. The molecule has 4 nitrogen and oxygen atoms in total. The number of fused-ring (bicyclic) bond motifs is 1. The smallest absolute Gasteiger partial charge is 0.298 e. The molecule has 2 aromatic rings. The molecule has 1 N–H and O–H groups in total. The lowest BCUT2D eigenvalue weighted by atomic mass is 10.2. The van der Waals surface area contributed by atoms with Crippen LogP contribution in [0.25, 0.3) is 10.2 Å². The average Bonchev–Trinajstić information content (AvgIpc) is 2.49. The first-order valence-corrected chi connectivity index (χ1v) is 5.71. The van der Waals surface area contributed by atoms with Crippen LogP contribution in [0.4, 0.5) is 0 Å². The van der Waals surface area contributed by atoms with Gasteiger partial charge in [0, 0.05) is 11.4 Å². The maximum absolute atomic E-state index is 12.1. The van der Waals surface area contributed by atoms with Gasteiger partial charge in [-0.3, -0.25) is 14.3 Å². The van der Waals surface area contributed by atoms with Crippen LogP contribution in [-0.4, -0.2) is 9.55 Å². The Kier molecular flexibility index (Phi) is 2.55. The maximum Gasteiger partial charge on any atom is 0.329 e. The van der Waals surface area contributed by atoms with Crippen molar-refractivity contribution in [2.45, 2.75) is 20.4 Å². The Balaban J connectivity index is 2.96. The third-order valence-electron chi connectivity index (χ3n) is 2.62. The van der Waals surface area contributed by atoms with Crippen LogP contribution >= 0.6 is 11.3 Å². The largest absolute Gasteiger partial charge is 0.329 e. The summed E-state index contributed by atoms with van der Waals surface area (Å²) in [7, 11) is 0. The molecule has 5 heteroatoms. The van der Waals surface area contributed by atoms with E-state index in [-0.39, 0.29) is 17.8 Å². The number of aryl methyl sites for hydroxylation is 2. The molecule has 0 fully saturated rings. The van der Waals surface area contributed by atoms with Crippen molar-refractivity contribution in [3.05, 3.63) is 43.9 Å². The number of hydrogen-bond acceptors (Lipinski definition) is 3. The van der Waals surface area contributed by atoms with Crippen LogP contribution in [0.3, 0.4) is 0 Å². The molecule has 0 saturated carbocycles. The molecule has 0 amide bonds. The quantitative estimate of drug-likeness (QED) is 0.804. The topological polar surface area (TPSA) is 54.9 Å². The van der Waals surface area contributed by atoms with Gasteiger partial charge in [0.05, 0.1) is 5.39 Å². The second-order valence-corrected chi connectivity index (χ2v) is 4.85. The van der Waals surface area contributed by atoms with Gasteiger partial charge in [-0.1, -0.05) is 6.08 Å². The summed E-state index contributed by atoms with van der Waals surface area (Å²) in [6.07, 6.45) is 1.54. The average molecular weight is 236 g/mol. The van der Waals surface area contributed by atoms with Crippen LogP contribution in [0.15, 0.2) is 22.2 Å². The standard InChI is InChI=1S/C11H12N2O2S/c1-4-5-13-10(14)8-6(2)7(3)16-9(8)12-11(13)15/h4H,1,5H2,2-3H3,(H,12,15). The number of thiophene rings is 1. The zero-order valence-electron chi connectivity index (χ0n) is 9.16. The SMILES string of the molecule is C=CCn1c(=O)[nH]c2sc(C)c(C)c2c1=O. The summed E-state index contributed by atoms with van der Waals surface area (Å²) in [4.78, 5) is 28.1. The summed E-state index contributed by atoms with van der Waals surface area (Å²) in [5.41, 5.74) is 0.332. The predicted molar refractivity (Wildman–Crippen MR) is 66.4 cm³/mol. The number of nitrogens with zero attached hydrogens (tertiary/aromatic N) is 1. The predicted octanol–water partition coefficient (Wildman–Crippen LogP) is 1.55. The van der Waals surface area contributed by atoms with E-state index in [1.807, 2.05) is 13.8 Å². The van der Waals surface area contributed by atoms with Gasteiger partial charge in [0.15, 0.2) is 0 Å². The third-order valence-corrected chi connectivity index (χ3v) is 3.74. The van der Waals surface area contributed by atoms with Crippen LogP contribution in [-0.2, 0) is 6.54 Å². The molecule has 0 radical (unpaired) electrons. The number of hydrogen-bond donors (Lipinski definition) is 1. The van der Waals surface area contributed by atoms with Gasteiger partial charge >= 0.3 is 5.69 Å². The highest BCUT2D eigenvalue weighted by Crippen LogP contribution is 2.24. The molecule has 0 aliphatic heterocycles. The van der Waals surface area contributed by atoms with E-state index in [2.05, 4.69) is 11.6 Å². The van der Waals surface area contributed by atoms with E-state index < -0.39 is 0 Å². The minimum absolute atomic E-state index is 0.235. The molecular formula is C11H12N2O2S. The Morgan fingerprint density at radius 2 is 2.12 bits per heavy atom. The van der Waals surface area contributed by atoms with Crippen molar-refractivity contribution < 1.29 is 0 Å². The van der Waals surface area contributed by atoms with E-state index in [0.29, 0.717) is 10.2 Å². The molecule has 0 spiro atoms. The Morgan fingerprint density at radius 3 is 2.75 bits per heavy atom.